The Morgan fingerprint density at radius 2 is 2.10 bits per heavy atom. The van der Waals surface area contributed by atoms with Crippen molar-refractivity contribution in [2.24, 2.45) is 11.3 Å². The third kappa shape index (κ3) is 2.39. The van der Waals surface area contributed by atoms with Gasteiger partial charge in [-0.3, -0.25) is 9.28 Å². The lowest BCUT2D eigenvalue weighted by molar-refractivity contribution is -0.958. The number of rotatable bonds is 2. The van der Waals surface area contributed by atoms with Crippen molar-refractivity contribution in [3.05, 3.63) is 35.4 Å². The van der Waals surface area contributed by atoms with Gasteiger partial charge in [-0.2, -0.15) is 0 Å². The number of esters is 1. The number of aliphatic hydroxyl groups is 1. The highest BCUT2D eigenvalue weighted by molar-refractivity contribution is 5.75. The number of ether oxygens (including phenoxy) is 2. The number of likely N-dealkylation sites (N-methyl/N-ethyl adjacent to an activating group) is 1. The summed E-state index contributed by atoms with van der Waals surface area (Å²) in [5.74, 6) is 0.684. The van der Waals surface area contributed by atoms with Crippen LogP contribution in [0.3, 0.4) is 0 Å². The fourth-order valence-electron chi connectivity index (χ4n) is 6.08. The summed E-state index contributed by atoms with van der Waals surface area (Å²) in [6, 6.07) is 3.91. The normalized spacial score (nSPS) is 38.9. The number of quaternary nitrogens is 1. The summed E-state index contributed by atoms with van der Waals surface area (Å²) in [7, 11) is 2.17. The van der Waals surface area contributed by atoms with Crippen LogP contribution >= 0.6 is 0 Å². The Kier molecular flexibility index (Phi) is 3.76. The Balaban J connectivity index is 1.57. The predicted octanol–water partition coefficient (Wildman–Crippen LogP) is 2.26. The van der Waals surface area contributed by atoms with Gasteiger partial charge in [-0.15, -0.1) is 0 Å². The van der Waals surface area contributed by atoms with Crippen LogP contribution < -0.4 is 4.74 Å². The van der Waals surface area contributed by atoms with Crippen LogP contribution in [0.25, 0.3) is 0 Å². The molecule has 2 heterocycles. The summed E-state index contributed by atoms with van der Waals surface area (Å²) in [6.45, 7) is 6.79. The first-order valence-electron chi connectivity index (χ1n) is 10.5. The van der Waals surface area contributed by atoms with Crippen LogP contribution in [0.5, 0.6) is 11.5 Å². The van der Waals surface area contributed by atoms with Gasteiger partial charge in [-0.25, -0.2) is 0 Å². The van der Waals surface area contributed by atoms with E-state index >= 15 is 0 Å². The quantitative estimate of drug-likeness (QED) is 0.452. The van der Waals surface area contributed by atoms with Crippen LogP contribution in [0.15, 0.2) is 24.3 Å². The van der Waals surface area contributed by atoms with Gasteiger partial charge in [0.1, 0.15) is 18.2 Å². The maximum absolute atomic E-state index is 12.4. The van der Waals surface area contributed by atoms with Crippen molar-refractivity contribution in [1.29, 1.82) is 0 Å². The first-order valence-corrected chi connectivity index (χ1v) is 10.5. The standard InChI is InChI=1S/C23H29NO5/c1-22(2,3)21(27)28-12-24(4)10-9-23-14-6-8-17(26)20(23)29-19-16(25)7-5-13(18(19)23)11-15(14)24/h5-8,14-15,17,20,26H,9-12H2,1-4H3/p+1/t14-,15?,17-,20-,23-,24-/m0/s1. The van der Waals surface area contributed by atoms with Crippen molar-refractivity contribution in [3.8, 4) is 11.5 Å². The van der Waals surface area contributed by atoms with Gasteiger partial charge in [0.25, 0.3) is 0 Å². The molecule has 1 unspecified atom stereocenters. The second-order valence-corrected chi connectivity index (χ2v) is 10.5. The van der Waals surface area contributed by atoms with Crippen LogP contribution in [0.2, 0.25) is 0 Å². The number of hydrogen-bond donors (Lipinski definition) is 2. The SMILES string of the molecule is CC(C)(C)C(=O)OC[N@+]1(C)CC[C@]23c4c5ccc(O)c4O[C@H]2[C@@H](O)C=C[C@H]3C1C5. The number of likely N-dealkylation sites (tertiary alicyclic amines) is 1. The number of piperidine rings is 1. The van der Waals surface area contributed by atoms with Crippen molar-refractivity contribution in [3.63, 3.8) is 0 Å². The van der Waals surface area contributed by atoms with Crippen molar-refractivity contribution in [1.82, 2.24) is 0 Å². The van der Waals surface area contributed by atoms with Gasteiger partial charge in [0, 0.05) is 24.3 Å². The topological polar surface area (TPSA) is 76.0 Å². The number of hydrogen-bond acceptors (Lipinski definition) is 5. The molecule has 29 heavy (non-hydrogen) atoms. The Labute approximate surface area is 171 Å². The van der Waals surface area contributed by atoms with Crippen molar-refractivity contribution in [2.75, 3.05) is 20.3 Å². The van der Waals surface area contributed by atoms with E-state index in [9.17, 15) is 15.0 Å². The Bertz CT molecular complexity index is 919. The van der Waals surface area contributed by atoms with Crippen molar-refractivity contribution >= 4 is 5.97 Å². The van der Waals surface area contributed by atoms with Crippen LogP contribution in [-0.4, -0.2) is 59.2 Å². The summed E-state index contributed by atoms with van der Waals surface area (Å²) in [5, 5.41) is 21.1. The summed E-state index contributed by atoms with van der Waals surface area (Å²) >= 11 is 0. The highest BCUT2D eigenvalue weighted by Crippen LogP contribution is 2.63. The molecule has 1 aromatic rings. The van der Waals surface area contributed by atoms with Crippen LogP contribution in [0.1, 0.15) is 38.3 Å². The van der Waals surface area contributed by atoms with E-state index in [-0.39, 0.29) is 35.2 Å². The molecule has 6 atom stereocenters. The fraction of sp³-hybridized carbons (Fsp3) is 0.609. The molecule has 2 aliphatic carbocycles. The van der Waals surface area contributed by atoms with E-state index in [0.717, 1.165) is 24.9 Å². The van der Waals surface area contributed by atoms with E-state index in [1.807, 2.05) is 32.9 Å². The molecule has 5 rings (SSSR count). The molecule has 156 valence electrons. The number of nitrogens with zero attached hydrogens (tertiary/aromatic N) is 1. The molecule has 2 bridgehead atoms. The van der Waals surface area contributed by atoms with Crippen LogP contribution in [0.4, 0.5) is 0 Å². The van der Waals surface area contributed by atoms with Gasteiger partial charge in [-0.05, 0) is 32.4 Å². The van der Waals surface area contributed by atoms with E-state index in [2.05, 4.69) is 13.1 Å². The molecule has 0 saturated carbocycles. The van der Waals surface area contributed by atoms with E-state index in [1.165, 1.54) is 5.56 Å². The molecule has 6 nitrogen and oxygen atoms in total. The highest BCUT2D eigenvalue weighted by atomic mass is 16.5. The molecule has 2 aliphatic heterocycles. The highest BCUT2D eigenvalue weighted by Gasteiger charge is 2.68. The molecular weight excluding hydrogens is 370 g/mol. The zero-order chi connectivity index (χ0) is 20.8. The molecule has 0 amide bonds. The monoisotopic (exact) mass is 400 g/mol. The van der Waals surface area contributed by atoms with Crippen LogP contribution in [0, 0.1) is 11.3 Å². The molecule has 0 aromatic heterocycles. The van der Waals surface area contributed by atoms with Crippen molar-refractivity contribution in [2.45, 2.75) is 57.3 Å². The lowest BCUT2D eigenvalue weighted by atomic mass is 9.53. The molecule has 6 heteroatoms. The minimum absolute atomic E-state index is 0.152. The molecule has 1 aromatic carbocycles. The summed E-state index contributed by atoms with van der Waals surface area (Å²) in [5.41, 5.74) is 1.41. The number of carbonyl (C=O) groups excluding carboxylic acids is 1. The molecular formula is C23H30NO5+. The lowest BCUT2D eigenvalue weighted by Crippen LogP contribution is -2.71. The van der Waals surface area contributed by atoms with Gasteiger partial charge < -0.3 is 19.7 Å². The summed E-state index contributed by atoms with van der Waals surface area (Å²) in [6.07, 6.45) is 4.54. The predicted molar refractivity (Wildman–Crippen MR) is 106 cm³/mol. The van der Waals surface area contributed by atoms with E-state index in [0.29, 0.717) is 17.0 Å². The second-order valence-electron chi connectivity index (χ2n) is 10.5. The van der Waals surface area contributed by atoms with Gasteiger partial charge in [-0.1, -0.05) is 18.2 Å². The number of phenols is 1. The number of aromatic hydroxyl groups is 1. The Morgan fingerprint density at radius 3 is 2.83 bits per heavy atom. The third-order valence-electron chi connectivity index (χ3n) is 7.65. The van der Waals surface area contributed by atoms with E-state index < -0.39 is 11.5 Å². The lowest BCUT2D eigenvalue weighted by Gasteiger charge is -2.59. The average molecular weight is 400 g/mol. The molecule has 1 fully saturated rings. The Hall–Kier alpha value is -2.05. The summed E-state index contributed by atoms with van der Waals surface area (Å²) < 4.78 is 12.6. The Morgan fingerprint density at radius 1 is 1.34 bits per heavy atom. The number of benzene rings is 1. The zero-order valence-electron chi connectivity index (χ0n) is 17.5. The second kappa shape index (κ2) is 5.76. The van der Waals surface area contributed by atoms with Gasteiger partial charge in [0.2, 0.25) is 6.73 Å². The number of phenolic OH excluding ortho intramolecular Hbond substituents is 1. The molecule has 0 radical (unpaired) electrons. The number of carbonyl (C=O) groups is 1. The largest absolute Gasteiger partial charge is 0.504 e. The first-order chi connectivity index (χ1) is 13.6. The zero-order valence-corrected chi connectivity index (χ0v) is 17.5. The summed E-state index contributed by atoms with van der Waals surface area (Å²) in [4.78, 5) is 12.4. The minimum Gasteiger partial charge on any atom is -0.504 e. The minimum atomic E-state index is -0.694. The van der Waals surface area contributed by atoms with Gasteiger partial charge in [0.05, 0.1) is 24.4 Å². The maximum atomic E-state index is 12.4. The third-order valence-corrected chi connectivity index (χ3v) is 7.65. The van der Waals surface area contributed by atoms with Crippen molar-refractivity contribution < 1.29 is 29.0 Å². The molecule has 4 aliphatic rings. The van der Waals surface area contributed by atoms with E-state index in [4.69, 9.17) is 9.47 Å². The number of aliphatic hydroxyl groups excluding tert-OH is 1. The molecule has 1 spiro atoms. The maximum Gasteiger partial charge on any atom is 0.315 e. The van der Waals surface area contributed by atoms with Gasteiger partial charge in [0.15, 0.2) is 11.5 Å². The fourth-order valence-corrected chi connectivity index (χ4v) is 6.08. The van der Waals surface area contributed by atoms with E-state index in [1.54, 1.807) is 6.07 Å². The average Bonchev–Trinajstić information content (AvgIpc) is 3.02. The van der Waals surface area contributed by atoms with Crippen LogP contribution in [-0.2, 0) is 21.4 Å². The van der Waals surface area contributed by atoms with Gasteiger partial charge >= 0.3 is 5.97 Å². The molecule has 2 N–H and O–H groups in total. The smallest absolute Gasteiger partial charge is 0.315 e. The molecule has 1 saturated heterocycles. The first kappa shape index (κ1) is 18.9.